The van der Waals surface area contributed by atoms with E-state index in [9.17, 15) is 14.7 Å². The summed E-state index contributed by atoms with van der Waals surface area (Å²) in [6, 6.07) is 2.04. The quantitative estimate of drug-likeness (QED) is 0.927. The van der Waals surface area contributed by atoms with Crippen LogP contribution in [0.5, 0.6) is 0 Å². The molecular weight excluding hydrogens is 274 g/mol. The van der Waals surface area contributed by atoms with Crippen LogP contribution in [0.25, 0.3) is 0 Å². The molecule has 1 aromatic heterocycles. The van der Waals surface area contributed by atoms with E-state index in [1.807, 2.05) is 11.4 Å². The van der Waals surface area contributed by atoms with Crippen LogP contribution < -0.4 is 0 Å². The predicted octanol–water partition coefficient (Wildman–Crippen LogP) is 2.39. The molecule has 0 unspecified atom stereocenters. The Morgan fingerprint density at radius 2 is 2.35 bits per heavy atom. The van der Waals surface area contributed by atoms with Crippen LogP contribution in [0.1, 0.15) is 31.2 Å². The summed E-state index contributed by atoms with van der Waals surface area (Å²) in [5.74, 6) is -0.454. The molecule has 4 nitrogen and oxygen atoms in total. The first-order chi connectivity index (χ1) is 9.62. The third-order valence-electron chi connectivity index (χ3n) is 4.86. The molecule has 1 saturated carbocycles. The second kappa shape index (κ2) is 5.20. The Bertz CT molecular complexity index is 513. The van der Waals surface area contributed by atoms with Crippen molar-refractivity contribution < 1.29 is 14.7 Å². The fraction of sp³-hybridized carbons (Fsp3) is 0.600. The molecular formula is C15H19NO3S. The van der Waals surface area contributed by atoms with Crippen LogP contribution in [-0.2, 0) is 16.0 Å². The van der Waals surface area contributed by atoms with Gasteiger partial charge in [-0.05, 0) is 47.6 Å². The topological polar surface area (TPSA) is 57.6 Å². The van der Waals surface area contributed by atoms with Gasteiger partial charge in [-0.25, -0.2) is 0 Å². The number of amides is 1. The van der Waals surface area contributed by atoms with Gasteiger partial charge in [0.25, 0.3) is 0 Å². The minimum atomic E-state index is -0.715. The largest absolute Gasteiger partial charge is 0.481 e. The standard InChI is InChI=1S/C15H19NO3S/c17-13(4-3-11-5-7-20-9-11)16-8-12-2-1-6-15(12,10-16)14(18)19/h5,7,9,12H,1-4,6,8,10H2,(H,18,19)/t12-,15+/m0/s1. The molecule has 108 valence electrons. The zero-order valence-corrected chi connectivity index (χ0v) is 12.2. The van der Waals surface area contributed by atoms with E-state index in [2.05, 4.69) is 5.38 Å². The number of carbonyl (C=O) groups is 2. The van der Waals surface area contributed by atoms with Crippen LogP contribution >= 0.6 is 11.3 Å². The smallest absolute Gasteiger partial charge is 0.311 e. The molecule has 2 fully saturated rings. The van der Waals surface area contributed by atoms with Crippen LogP contribution in [0.15, 0.2) is 16.8 Å². The van der Waals surface area contributed by atoms with Crippen molar-refractivity contribution in [1.29, 1.82) is 0 Å². The fourth-order valence-corrected chi connectivity index (χ4v) is 4.38. The van der Waals surface area contributed by atoms with Crippen molar-refractivity contribution in [3.8, 4) is 0 Å². The van der Waals surface area contributed by atoms with Crippen LogP contribution in [0.3, 0.4) is 0 Å². The number of carbonyl (C=O) groups excluding carboxylic acids is 1. The molecule has 3 rings (SSSR count). The highest BCUT2D eigenvalue weighted by atomic mass is 32.1. The summed E-state index contributed by atoms with van der Waals surface area (Å²) < 4.78 is 0. The lowest BCUT2D eigenvalue weighted by atomic mass is 9.81. The van der Waals surface area contributed by atoms with Gasteiger partial charge in [0, 0.05) is 19.5 Å². The molecule has 0 radical (unpaired) electrons. The number of aliphatic carboxylic acids is 1. The van der Waals surface area contributed by atoms with E-state index in [-0.39, 0.29) is 11.8 Å². The molecule has 5 heteroatoms. The average Bonchev–Trinajstić information content (AvgIpc) is 3.10. The van der Waals surface area contributed by atoms with Crippen LogP contribution in [0.2, 0.25) is 0 Å². The molecule has 0 bridgehead atoms. The second-order valence-electron chi connectivity index (χ2n) is 5.96. The third-order valence-corrected chi connectivity index (χ3v) is 5.59. The first-order valence-electron chi connectivity index (χ1n) is 7.14. The molecule has 2 atom stereocenters. The first-order valence-corrected chi connectivity index (χ1v) is 8.08. The SMILES string of the molecule is O=C(CCc1ccsc1)N1C[C@@H]2CCC[C@@]2(C(=O)O)C1. The van der Waals surface area contributed by atoms with Gasteiger partial charge < -0.3 is 10.0 Å². The summed E-state index contributed by atoms with van der Waals surface area (Å²) in [6.45, 7) is 1.05. The van der Waals surface area contributed by atoms with Crippen molar-refractivity contribution in [2.75, 3.05) is 13.1 Å². The number of aryl methyl sites for hydroxylation is 1. The molecule has 1 aliphatic carbocycles. The Balaban J connectivity index is 1.62. The predicted molar refractivity (Wildman–Crippen MR) is 76.6 cm³/mol. The van der Waals surface area contributed by atoms with Gasteiger partial charge in [0.15, 0.2) is 0 Å². The van der Waals surface area contributed by atoms with Gasteiger partial charge in [0.1, 0.15) is 0 Å². The lowest BCUT2D eigenvalue weighted by Gasteiger charge is -2.23. The second-order valence-corrected chi connectivity index (χ2v) is 6.74. The van der Waals surface area contributed by atoms with Crippen LogP contribution in [0, 0.1) is 11.3 Å². The molecule has 2 heterocycles. The Morgan fingerprint density at radius 1 is 1.50 bits per heavy atom. The highest BCUT2D eigenvalue weighted by Crippen LogP contribution is 2.48. The Labute approximate surface area is 122 Å². The van der Waals surface area contributed by atoms with E-state index < -0.39 is 11.4 Å². The summed E-state index contributed by atoms with van der Waals surface area (Å²) in [5, 5.41) is 13.6. The number of hydrogen-bond donors (Lipinski definition) is 1. The number of nitrogens with zero attached hydrogens (tertiary/aromatic N) is 1. The number of rotatable bonds is 4. The molecule has 1 saturated heterocycles. The van der Waals surface area contributed by atoms with E-state index in [4.69, 9.17) is 0 Å². The number of fused-ring (bicyclic) bond motifs is 1. The van der Waals surface area contributed by atoms with Crippen LogP contribution in [-0.4, -0.2) is 35.0 Å². The summed E-state index contributed by atoms with van der Waals surface area (Å²) >= 11 is 1.64. The number of carboxylic acids is 1. The minimum Gasteiger partial charge on any atom is -0.481 e. The van der Waals surface area contributed by atoms with E-state index >= 15 is 0 Å². The molecule has 2 aliphatic rings. The van der Waals surface area contributed by atoms with Gasteiger partial charge in [0.2, 0.25) is 5.91 Å². The van der Waals surface area contributed by atoms with Crippen molar-refractivity contribution in [2.45, 2.75) is 32.1 Å². The number of hydrogen-bond acceptors (Lipinski definition) is 3. The number of thiophene rings is 1. The Morgan fingerprint density at radius 3 is 3.00 bits per heavy atom. The average molecular weight is 293 g/mol. The Kier molecular flexibility index (Phi) is 3.54. The van der Waals surface area contributed by atoms with Gasteiger partial charge >= 0.3 is 5.97 Å². The number of carboxylic acid groups (broad SMARTS) is 1. The molecule has 0 spiro atoms. The molecule has 1 N–H and O–H groups in total. The highest BCUT2D eigenvalue weighted by Gasteiger charge is 2.55. The molecule has 20 heavy (non-hydrogen) atoms. The zero-order chi connectivity index (χ0) is 14.2. The maximum atomic E-state index is 12.3. The van der Waals surface area contributed by atoms with Gasteiger partial charge in [-0.3, -0.25) is 9.59 Å². The van der Waals surface area contributed by atoms with Gasteiger partial charge in [-0.2, -0.15) is 11.3 Å². The first kappa shape index (κ1) is 13.6. The maximum Gasteiger partial charge on any atom is 0.311 e. The summed E-state index contributed by atoms with van der Waals surface area (Å²) in [6.07, 6.45) is 3.89. The minimum absolute atomic E-state index is 0.103. The van der Waals surface area contributed by atoms with E-state index in [0.717, 1.165) is 25.7 Å². The van der Waals surface area contributed by atoms with Crippen molar-refractivity contribution in [3.05, 3.63) is 22.4 Å². The van der Waals surface area contributed by atoms with Crippen LogP contribution in [0.4, 0.5) is 0 Å². The fourth-order valence-electron chi connectivity index (χ4n) is 3.67. The van der Waals surface area contributed by atoms with Crippen molar-refractivity contribution in [3.63, 3.8) is 0 Å². The van der Waals surface area contributed by atoms with Crippen molar-refractivity contribution >= 4 is 23.2 Å². The van der Waals surface area contributed by atoms with Gasteiger partial charge in [-0.1, -0.05) is 6.42 Å². The molecule has 1 aliphatic heterocycles. The monoisotopic (exact) mass is 293 g/mol. The van der Waals surface area contributed by atoms with E-state index in [1.54, 1.807) is 16.2 Å². The summed E-state index contributed by atoms with van der Waals surface area (Å²) in [5.41, 5.74) is 0.536. The number of likely N-dealkylation sites (tertiary alicyclic amines) is 1. The van der Waals surface area contributed by atoms with Gasteiger partial charge in [-0.15, -0.1) is 0 Å². The van der Waals surface area contributed by atoms with Gasteiger partial charge in [0.05, 0.1) is 5.41 Å². The summed E-state index contributed by atoms with van der Waals surface area (Å²) in [4.78, 5) is 25.6. The normalized spacial score (nSPS) is 28.6. The Hall–Kier alpha value is -1.36. The lowest BCUT2D eigenvalue weighted by molar-refractivity contribution is -0.149. The lowest BCUT2D eigenvalue weighted by Crippen LogP contribution is -2.37. The summed E-state index contributed by atoms with van der Waals surface area (Å²) in [7, 11) is 0. The van der Waals surface area contributed by atoms with E-state index in [1.165, 1.54) is 5.56 Å². The van der Waals surface area contributed by atoms with Crippen molar-refractivity contribution in [2.24, 2.45) is 11.3 Å². The highest BCUT2D eigenvalue weighted by molar-refractivity contribution is 7.07. The zero-order valence-electron chi connectivity index (χ0n) is 11.4. The molecule has 1 amide bonds. The van der Waals surface area contributed by atoms with E-state index in [0.29, 0.717) is 19.5 Å². The third kappa shape index (κ3) is 2.24. The van der Waals surface area contributed by atoms with Crippen molar-refractivity contribution in [1.82, 2.24) is 4.90 Å². The molecule has 1 aromatic rings. The molecule has 0 aromatic carbocycles. The maximum absolute atomic E-state index is 12.3.